The van der Waals surface area contributed by atoms with Crippen LogP contribution in [-0.2, 0) is 10.0 Å². The Morgan fingerprint density at radius 1 is 1.03 bits per heavy atom. The number of rotatable bonds is 7. The predicted octanol–water partition coefficient (Wildman–Crippen LogP) is 3.28. The molecule has 174 valence electrons. The molecule has 4 aromatic rings. The van der Waals surface area contributed by atoms with Crippen LogP contribution < -0.4 is 10.6 Å². The van der Waals surface area contributed by atoms with Crippen LogP contribution in [-0.4, -0.2) is 53.4 Å². The molecular weight excluding hydrogens is 452 g/mol. The number of pyridine rings is 1. The average molecular weight is 477 g/mol. The van der Waals surface area contributed by atoms with Crippen LogP contribution in [0.5, 0.6) is 0 Å². The van der Waals surface area contributed by atoms with Crippen molar-refractivity contribution >= 4 is 33.2 Å². The number of carbonyl (C=O) groups is 1. The van der Waals surface area contributed by atoms with E-state index in [1.54, 1.807) is 47.1 Å². The van der Waals surface area contributed by atoms with Gasteiger partial charge >= 0.3 is 0 Å². The quantitative estimate of drug-likeness (QED) is 0.424. The molecule has 0 atom stereocenters. The number of sulfonamides is 1. The summed E-state index contributed by atoms with van der Waals surface area (Å²) in [5.74, 6) is 0.350. The maximum atomic E-state index is 12.3. The zero-order valence-electron chi connectivity index (χ0n) is 18.8. The first-order chi connectivity index (χ1) is 16.3. The molecule has 5 rings (SSSR count). The van der Waals surface area contributed by atoms with E-state index in [2.05, 4.69) is 20.7 Å². The van der Waals surface area contributed by atoms with Gasteiger partial charge in [-0.2, -0.15) is 4.98 Å². The number of benzene rings is 2. The number of aromatic nitrogens is 3. The fourth-order valence-corrected chi connectivity index (χ4v) is 4.43. The number of amides is 1. The maximum Gasteiger partial charge on any atom is 0.251 e. The number of nitrogens with one attached hydrogen (secondary N) is 2. The SMILES string of the molecule is CN(C)S(=O)(=O)c1ccc(-c2cccn3nc(Nc4ccc(C(=O)NC5CC5)cc4)nc23)cc1. The normalized spacial score (nSPS) is 13.9. The van der Waals surface area contributed by atoms with E-state index < -0.39 is 10.0 Å². The second-order valence-electron chi connectivity index (χ2n) is 8.39. The maximum absolute atomic E-state index is 12.3. The first-order valence-corrected chi connectivity index (χ1v) is 12.3. The minimum Gasteiger partial charge on any atom is -0.349 e. The molecule has 2 aromatic heterocycles. The third-order valence-electron chi connectivity index (χ3n) is 5.62. The van der Waals surface area contributed by atoms with Crippen LogP contribution >= 0.6 is 0 Å². The summed E-state index contributed by atoms with van der Waals surface area (Å²) in [7, 11) is -0.485. The number of anilines is 2. The summed E-state index contributed by atoms with van der Waals surface area (Å²) in [6, 6.07) is 18.0. The minimum absolute atomic E-state index is 0.0612. The van der Waals surface area contributed by atoms with E-state index in [0.717, 1.165) is 29.7 Å². The predicted molar refractivity (Wildman–Crippen MR) is 130 cm³/mol. The van der Waals surface area contributed by atoms with Gasteiger partial charge in [0.1, 0.15) is 0 Å². The molecule has 0 aliphatic heterocycles. The molecule has 1 fully saturated rings. The van der Waals surface area contributed by atoms with Gasteiger partial charge in [-0.15, -0.1) is 5.10 Å². The lowest BCUT2D eigenvalue weighted by Gasteiger charge is -2.11. The van der Waals surface area contributed by atoms with Gasteiger partial charge in [-0.1, -0.05) is 12.1 Å². The highest BCUT2D eigenvalue weighted by Gasteiger charge is 2.23. The van der Waals surface area contributed by atoms with Gasteiger partial charge in [0.25, 0.3) is 5.91 Å². The topological polar surface area (TPSA) is 109 Å². The fraction of sp³-hybridized carbons (Fsp3) is 0.208. The Balaban J connectivity index is 1.38. The van der Waals surface area contributed by atoms with E-state index in [4.69, 9.17) is 0 Å². The second kappa shape index (κ2) is 8.54. The Morgan fingerprint density at radius 2 is 1.74 bits per heavy atom. The molecule has 2 N–H and O–H groups in total. The van der Waals surface area contributed by atoms with Gasteiger partial charge in [-0.25, -0.2) is 17.2 Å². The van der Waals surface area contributed by atoms with Crippen molar-refractivity contribution in [2.75, 3.05) is 19.4 Å². The van der Waals surface area contributed by atoms with Crippen molar-refractivity contribution in [1.82, 2.24) is 24.2 Å². The lowest BCUT2D eigenvalue weighted by atomic mass is 10.1. The summed E-state index contributed by atoms with van der Waals surface area (Å²) in [6.45, 7) is 0. The van der Waals surface area contributed by atoms with Crippen LogP contribution in [0.3, 0.4) is 0 Å². The molecule has 0 spiro atoms. The Labute approximate surface area is 197 Å². The monoisotopic (exact) mass is 476 g/mol. The summed E-state index contributed by atoms with van der Waals surface area (Å²) in [6.07, 6.45) is 3.89. The summed E-state index contributed by atoms with van der Waals surface area (Å²) in [4.78, 5) is 17.0. The van der Waals surface area contributed by atoms with E-state index in [0.29, 0.717) is 23.2 Å². The molecule has 10 heteroatoms. The number of hydrogen-bond donors (Lipinski definition) is 2. The highest BCUT2D eigenvalue weighted by Crippen LogP contribution is 2.27. The van der Waals surface area contributed by atoms with Gasteiger partial charge in [0.2, 0.25) is 16.0 Å². The number of carbonyl (C=O) groups excluding carboxylic acids is 1. The molecule has 2 heterocycles. The van der Waals surface area contributed by atoms with Crippen LogP contribution in [0.15, 0.2) is 71.8 Å². The van der Waals surface area contributed by atoms with Crippen molar-refractivity contribution in [3.63, 3.8) is 0 Å². The molecular formula is C24H24N6O3S. The molecule has 0 saturated heterocycles. The third-order valence-corrected chi connectivity index (χ3v) is 7.45. The molecule has 0 bridgehead atoms. The molecule has 1 amide bonds. The molecule has 9 nitrogen and oxygen atoms in total. The molecule has 2 aromatic carbocycles. The van der Waals surface area contributed by atoms with E-state index in [-0.39, 0.29) is 10.8 Å². The summed E-state index contributed by atoms with van der Waals surface area (Å²) in [5.41, 5.74) is 3.66. The Bertz CT molecular complexity index is 1460. The molecule has 1 aliphatic carbocycles. The number of nitrogens with zero attached hydrogens (tertiary/aromatic N) is 4. The van der Waals surface area contributed by atoms with Crippen LogP contribution in [0.1, 0.15) is 23.2 Å². The Morgan fingerprint density at radius 3 is 2.38 bits per heavy atom. The van der Waals surface area contributed by atoms with Crippen LogP contribution in [0.2, 0.25) is 0 Å². The van der Waals surface area contributed by atoms with Crippen molar-refractivity contribution in [2.45, 2.75) is 23.8 Å². The lowest BCUT2D eigenvalue weighted by molar-refractivity contribution is 0.0951. The standard InChI is InChI=1S/C24H24N6O3S/c1-29(2)34(32,33)20-13-7-16(8-14-20)21-4-3-15-30-22(21)27-24(28-30)26-19-9-5-17(6-10-19)23(31)25-18-11-12-18/h3-10,13-15,18H,11-12H2,1-2H3,(H,25,31)(H,26,28). The van der Waals surface area contributed by atoms with Crippen LogP contribution in [0.25, 0.3) is 16.8 Å². The molecule has 1 aliphatic rings. The van der Waals surface area contributed by atoms with E-state index in [9.17, 15) is 13.2 Å². The van der Waals surface area contributed by atoms with Gasteiger partial charge < -0.3 is 10.6 Å². The number of hydrogen-bond acceptors (Lipinski definition) is 6. The molecule has 34 heavy (non-hydrogen) atoms. The Hall–Kier alpha value is -3.76. The largest absolute Gasteiger partial charge is 0.349 e. The summed E-state index contributed by atoms with van der Waals surface area (Å²) < 4.78 is 27.5. The molecule has 0 radical (unpaired) electrons. The van der Waals surface area contributed by atoms with Crippen molar-refractivity contribution < 1.29 is 13.2 Å². The highest BCUT2D eigenvalue weighted by atomic mass is 32.2. The fourth-order valence-electron chi connectivity index (χ4n) is 3.53. The minimum atomic E-state index is -3.50. The zero-order chi connectivity index (χ0) is 23.9. The van der Waals surface area contributed by atoms with Gasteiger partial charge in [0.15, 0.2) is 5.65 Å². The van der Waals surface area contributed by atoms with Gasteiger partial charge in [-0.05, 0) is 66.9 Å². The van der Waals surface area contributed by atoms with Gasteiger partial charge in [0, 0.05) is 43.1 Å². The smallest absolute Gasteiger partial charge is 0.251 e. The van der Waals surface area contributed by atoms with Crippen molar-refractivity contribution in [1.29, 1.82) is 0 Å². The summed E-state index contributed by atoms with van der Waals surface area (Å²) >= 11 is 0. The van der Waals surface area contributed by atoms with Gasteiger partial charge in [-0.3, -0.25) is 4.79 Å². The van der Waals surface area contributed by atoms with E-state index >= 15 is 0 Å². The van der Waals surface area contributed by atoms with Crippen molar-refractivity contribution in [3.05, 3.63) is 72.4 Å². The first-order valence-electron chi connectivity index (χ1n) is 10.9. The Kier molecular flexibility index (Phi) is 5.54. The summed E-state index contributed by atoms with van der Waals surface area (Å²) in [5, 5.41) is 10.6. The lowest BCUT2D eigenvalue weighted by Crippen LogP contribution is -2.25. The molecule has 0 unspecified atom stereocenters. The van der Waals surface area contributed by atoms with Crippen LogP contribution in [0, 0.1) is 0 Å². The van der Waals surface area contributed by atoms with E-state index in [1.807, 2.05) is 24.3 Å². The third kappa shape index (κ3) is 4.37. The highest BCUT2D eigenvalue weighted by molar-refractivity contribution is 7.89. The van der Waals surface area contributed by atoms with Crippen LogP contribution in [0.4, 0.5) is 11.6 Å². The van der Waals surface area contributed by atoms with Gasteiger partial charge in [0.05, 0.1) is 4.90 Å². The zero-order valence-corrected chi connectivity index (χ0v) is 19.6. The number of fused-ring (bicyclic) bond motifs is 1. The first kappa shape index (κ1) is 22.1. The van der Waals surface area contributed by atoms with Crippen molar-refractivity contribution in [2.24, 2.45) is 0 Å². The van der Waals surface area contributed by atoms with Crippen molar-refractivity contribution in [3.8, 4) is 11.1 Å². The molecule has 1 saturated carbocycles. The average Bonchev–Trinajstić information content (AvgIpc) is 3.55. The second-order valence-corrected chi connectivity index (χ2v) is 10.5. The van der Waals surface area contributed by atoms with E-state index in [1.165, 1.54) is 18.4 Å².